The molecule has 0 spiro atoms. The van der Waals surface area contributed by atoms with Crippen LogP contribution in [0.1, 0.15) is 17.5 Å². The zero-order valence-corrected chi connectivity index (χ0v) is 14.9. The summed E-state index contributed by atoms with van der Waals surface area (Å²) in [4.78, 5) is 3.88. The van der Waals surface area contributed by atoms with Gasteiger partial charge in [-0.3, -0.25) is 4.99 Å². The van der Waals surface area contributed by atoms with Crippen LogP contribution in [-0.2, 0) is 22.7 Å². The van der Waals surface area contributed by atoms with Crippen LogP contribution in [0.2, 0.25) is 0 Å². The molecule has 0 saturated carbocycles. The molecule has 1 aromatic carbocycles. The van der Waals surface area contributed by atoms with Gasteiger partial charge < -0.3 is 10.6 Å². The van der Waals surface area contributed by atoms with E-state index in [4.69, 9.17) is 0 Å². The van der Waals surface area contributed by atoms with Gasteiger partial charge in [0.1, 0.15) is 5.82 Å². The Morgan fingerprint density at radius 1 is 1.31 bits per heavy atom. The Morgan fingerprint density at radius 2 is 2.04 bits per heavy atom. The number of benzene rings is 1. The van der Waals surface area contributed by atoms with Gasteiger partial charge >= 0.3 is 6.18 Å². The van der Waals surface area contributed by atoms with E-state index in [0.717, 1.165) is 12.1 Å². The molecular formula is C15H20F4N4O2S. The van der Waals surface area contributed by atoms with Gasteiger partial charge in [0, 0.05) is 33.2 Å². The summed E-state index contributed by atoms with van der Waals surface area (Å²) in [6.07, 6.45) is -4.08. The third-order valence-corrected chi connectivity index (χ3v) is 5.86. The number of aliphatic imine (C=N–C) groups is 1. The minimum atomic E-state index is -4.67. The maximum Gasteiger partial charge on any atom is 0.416 e. The second kappa shape index (κ2) is 8.21. The van der Waals surface area contributed by atoms with E-state index in [2.05, 4.69) is 15.6 Å². The Bertz CT molecular complexity index is 765. The van der Waals surface area contributed by atoms with Crippen molar-refractivity contribution in [1.29, 1.82) is 0 Å². The van der Waals surface area contributed by atoms with Crippen molar-refractivity contribution in [1.82, 2.24) is 14.9 Å². The highest BCUT2D eigenvalue weighted by Crippen LogP contribution is 2.32. The Hall–Kier alpha value is -1.88. The first-order valence-electron chi connectivity index (χ1n) is 7.91. The van der Waals surface area contributed by atoms with Crippen molar-refractivity contribution in [3.8, 4) is 0 Å². The van der Waals surface area contributed by atoms with E-state index >= 15 is 0 Å². The van der Waals surface area contributed by atoms with E-state index in [0.29, 0.717) is 19.0 Å². The van der Waals surface area contributed by atoms with Gasteiger partial charge in [-0.1, -0.05) is 6.07 Å². The van der Waals surface area contributed by atoms with Gasteiger partial charge in [-0.25, -0.2) is 17.1 Å². The van der Waals surface area contributed by atoms with Gasteiger partial charge in [0.05, 0.1) is 11.3 Å². The molecule has 2 rings (SSSR count). The third kappa shape index (κ3) is 5.31. The molecule has 1 saturated heterocycles. The molecule has 0 atom stereocenters. The second-order valence-corrected chi connectivity index (χ2v) is 7.81. The SMILES string of the molecule is CN=C(NCCN1CCCS1(=O)=O)NCc1ccc(F)cc1C(F)(F)F. The minimum absolute atomic E-state index is 0.121. The molecule has 1 aromatic rings. The maximum atomic E-state index is 13.1. The van der Waals surface area contributed by atoms with Crippen molar-refractivity contribution in [2.24, 2.45) is 4.99 Å². The van der Waals surface area contributed by atoms with E-state index in [-0.39, 0.29) is 36.9 Å². The molecule has 1 aliphatic heterocycles. The summed E-state index contributed by atoms with van der Waals surface area (Å²) in [5.74, 6) is -0.612. The van der Waals surface area contributed by atoms with Crippen LogP contribution in [0.4, 0.5) is 17.6 Å². The zero-order valence-electron chi connectivity index (χ0n) is 14.1. The largest absolute Gasteiger partial charge is 0.416 e. The molecule has 1 aliphatic rings. The van der Waals surface area contributed by atoms with Crippen molar-refractivity contribution >= 4 is 16.0 Å². The van der Waals surface area contributed by atoms with Crippen molar-refractivity contribution in [2.75, 3.05) is 32.4 Å². The summed E-state index contributed by atoms with van der Waals surface area (Å²) >= 11 is 0. The lowest BCUT2D eigenvalue weighted by Crippen LogP contribution is -2.41. The topological polar surface area (TPSA) is 73.8 Å². The lowest BCUT2D eigenvalue weighted by atomic mass is 10.1. The van der Waals surface area contributed by atoms with Gasteiger partial charge in [-0.2, -0.15) is 13.2 Å². The minimum Gasteiger partial charge on any atom is -0.355 e. The molecule has 2 N–H and O–H groups in total. The van der Waals surface area contributed by atoms with Gasteiger partial charge in [0.25, 0.3) is 0 Å². The van der Waals surface area contributed by atoms with Crippen LogP contribution in [0, 0.1) is 5.82 Å². The van der Waals surface area contributed by atoms with Crippen LogP contribution >= 0.6 is 0 Å². The number of nitrogens with one attached hydrogen (secondary N) is 2. The van der Waals surface area contributed by atoms with E-state index in [1.54, 1.807) is 0 Å². The molecular weight excluding hydrogens is 376 g/mol. The van der Waals surface area contributed by atoms with E-state index < -0.39 is 27.6 Å². The molecule has 0 radical (unpaired) electrons. The predicted molar refractivity (Wildman–Crippen MR) is 89.6 cm³/mol. The smallest absolute Gasteiger partial charge is 0.355 e. The zero-order chi connectivity index (χ0) is 19.4. The summed E-state index contributed by atoms with van der Waals surface area (Å²) < 4.78 is 76.8. The third-order valence-electron chi connectivity index (χ3n) is 3.90. The van der Waals surface area contributed by atoms with Gasteiger partial charge in [0.2, 0.25) is 10.0 Å². The van der Waals surface area contributed by atoms with Crippen LogP contribution in [0.25, 0.3) is 0 Å². The van der Waals surface area contributed by atoms with Crippen LogP contribution < -0.4 is 10.6 Å². The average molecular weight is 396 g/mol. The molecule has 0 unspecified atom stereocenters. The number of hydrogen-bond donors (Lipinski definition) is 2. The lowest BCUT2D eigenvalue weighted by Gasteiger charge is -2.18. The second-order valence-electron chi connectivity index (χ2n) is 5.72. The number of rotatable bonds is 5. The first-order valence-corrected chi connectivity index (χ1v) is 9.52. The van der Waals surface area contributed by atoms with Crippen molar-refractivity contribution in [2.45, 2.75) is 19.1 Å². The molecule has 6 nitrogen and oxygen atoms in total. The fourth-order valence-electron chi connectivity index (χ4n) is 2.61. The number of hydrogen-bond acceptors (Lipinski definition) is 3. The summed E-state index contributed by atoms with van der Waals surface area (Å²) in [5.41, 5.74) is -1.17. The highest BCUT2D eigenvalue weighted by atomic mass is 32.2. The molecule has 0 amide bonds. The first kappa shape index (κ1) is 20.4. The van der Waals surface area contributed by atoms with Gasteiger partial charge in [-0.05, 0) is 24.1 Å². The number of alkyl halides is 3. The van der Waals surface area contributed by atoms with Crippen LogP contribution in [0.3, 0.4) is 0 Å². The van der Waals surface area contributed by atoms with E-state index in [9.17, 15) is 26.0 Å². The number of guanidine groups is 1. The Kier molecular flexibility index (Phi) is 6.45. The van der Waals surface area contributed by atoms with Gasteiger partial charge in [-0.15, -0.1) is 0 Å². The first-order chi connectivity index (χ1) is 12.1. The molecule has 0 aliphatic carbocycles. The maximum absolute atomic E-state index is 13.1. The molecule has 1 fully saturated rings. The number of sulfonamides is 1. The molecule has 0 aromatic heterocycles. The predicted octanol–water partition coefficient (Wildman–Crippen LogP) is 1.55. The van der Waals surface area contributed by atoms with Crippen LogP contribution in [-0.4, -0.2) is 51.1 Å². The fraction of sp³-hybridized carbons (Fsp3) is 0.533. The van der Waals surface area contributed by atoms with Crippen molar-refractivity contribution in [3.63, 3.8) is 0 Å². The van der Waals surface area contributed by atoms with E-state index in [1.165, 1.54) is 11.4 Å². The van der Waals surface area contributed by atoms with Crippen LogP contribution in [0.15, 0.2) is 23.2 Å². The highest BCUT2D eigenvalue weighted by molar-refractivity contribution is 7.89. The van der Waals surface area contributed by atoms with Crippen molar-refractivity contribution < 1.29 is 26.0 Å². The molecule has 26 heavy (non-hydrogen) atoms. The standard InChI is InChI=1S/C15H20F4N4O2S/c1-20-14(21-5-7-23-6-2-8-26(23,24)25)22-10-11-3-4-12(16)9-13(11)15(17,18)19/h3-4,9H,2,5-8,10H2,1H3,(H2,20,21,22). The summed E-state index contributed by atoms with van der Waals surface area (Å²) in [6, 6.07) is 2.47. The highest BCUT2D eigenvalue weighted by Gasteiger charge is 2.33. The van der Waals surface area contributed by atoms with Crippen molar-refractivity contribution in [3.05, 3.63) is 35.1 Å². The monoisotopic (exact) mass is 396 g/mol. The quantitative estimate of drug-likeness (QED) is 0.450. The van der Waals surface area contributed by atoms with Gasteiger partial charge in [0.15, 0.2) is 5.96 Å². The normalized spacial score (nSPS) is 18.1. The fourth-order valence-corrected chi connectivity index (χ4v) is 4.14. The molecule has 0 bridgehead atoms. The van der Waals surface area contributed by atoms with E-state index in [1.807, 2.05) is 0 Å². The molecule has 1 heterocycles. The Labute approximate surface area is 149 Å². The Morgan fingerprint density at radius 3 is 2.62 bits per heavy atom. The lowest BCUT2D eigenvalue weighted by molar-refractivity contribution is -0.138. The number of halogens is 4. The summed E-state index contributed by atoms with van der Waals surface area (Å²) in [7, 11) is -1.76. The average Bonchev–Trinajstić information content (AvgIpc) is 2.89. The summed E-state index contributed by atoms with van der Waals surface area (Å²) in [6.45, 7) is 0.749. The Balaban J connectivity index is 1.91. The van der Waals surface area contributed by atoms with Crippen LogP contribution in [0.5, 0.6) is 0 Å². The molecule has 11 heteroatoms. The summed E-state index contributed by atoms with van der Waals surface area (Å²) in [5, 5.41) is 5.56. The number of nitrogens with zero attached hydrogens (tertiary/aromatic N) is 2. The molecule has 146 valence electrons.